The van der Waals surface area contributed by atoms with E-state index in [1.54, 1.807) is 6.92 Å². The van der Waals surface area contributed by atoms with Gasteiger partial charge in [-0.1, -0.05) is 11.6 Å². The number of anilines is 1. The predicted molar refractivity (Wildman–Crippen MR) is 69.7 cm³/mol. The fraction of sp³-hybridized carbons (Fsp3) is 0.100. The molecule has 2 N–H and O–H groups in total. The molecule has 2 aromatic rings. The number of aryl methyl sites for hydroxylation is 1. The summed E-state index contributed by atoms with van der Waals surface area (Å²) in [6.07, 6.45) is 2.42. The van der Waals surface area contributed by atoms with E-state index in [0.29, 0.717) is 5.69 Å². The van der Waals surface area contributed by atoms with Gasteiger partial charge >= 0.3 is 0 Å². The molecule has 0 aliphatic rings. The topological polar surface area (TPSA) is 105 Å². The van der Waals surface area contributed by atoms with Gasteiger partial charge in [0, 0.05) is 24.2 Å². The SMILES string of the molecule is Cc1cc(Cl)nc(NS(=O)(=O)c2c[nH]ccc2=O)n1. The normalized spacial score (nSPS) is 11.3. The van der Waals surface area contributed by atoms with Crippen LogP contribution in [0, 0.1) is 6.92 Å². The molecular weight excluding hydrogens is 292 g/mol. The average molecular weight is 301 g/mol. The molecule has 7 nitrogen and oxygen atoms in total. The van der Waals surface area contributed by atoms with Crippen LogP contribution < -0.4 is 10.2 Å². The number of nitrogens with zero attached hydrogens (tertiary/aromatic N) is 2. The summed E-state index contributed by atoms with van der Waals surface area (Å²) in [6, 6.07) is 2.59. The van der Waals surface area contributed by atoms with Crippen LogP contribution >= 0.6 is 11.6 Å². The first-order valence-corrected chi connectivity index (χ1v) is 6.96. The Kier molecular flexibility index (Phi) is 3.54. The molecule has 0 aliphatic heterocycles. The number of rotatable bonds is 3. The van der Waals surface area contributed by atoms with E-state index in [0.717, 1.165) is 12.3 Å². The van der Waals surface area contributed by atoms with Crippen LogP contribution in [-0.4, -0.2) is 23.4 Å². The maximum absolute atomic E-state index is 12.0. The molecule has 100 valence electrons. The summed E-state index contributed by atoms with van der Waals surface area (Å²) in [5, 5.41) is 0.104. The van der Waals surface area contributed by atoms with E-state index < -0.39 is 20.3 Å². The van der Waals surface area contributed by atoms with Crippen LogP contribution in [0.5, 0.6) is 0 Å². The molecule has 19 heavy (non-hydrogen) atoms. The van der Waals surface area contributed by atoms with Crippen LogP contribution in [0.15, 0.2) is 34.2 Å². The number of nitrogens with one attached hydrogen (secondary N) is 2. The molecular formula is C10H9ClN4O3S. The van der Waals surface area contributed by atoms with Crippen molar-refractivity contribution in [3.63, 3.8) is 0 Å². The van der Waals surface area contributed by atoms with Crippen LogP contribution in [-0.2, 0) is 10.0 Å². The van der Waals surface area contributed by atoms with E-state index >= 15 is 0 Å². The molecule has 0 amide bonds. The summed E-state index contributed by atoms with van der Waals surface area (Å²) in [4.78, 5) is 21.2. The Bertz CT molecular complexity index is 752. The molecule has 0 unspecified atom stereocenters. The summed E-state index contributed by atoms with van der Waals surface area (Å²) < 4.78 is 26.1. The van der Waals surface area contributed by atoms with Gasteiger partial charge in [0.25, 0.3) is 10.0 Å². The zero-order chi connectivity index (χ0) is 14.0. The van der Waals surface area contributed by atoms with Crippen molar-refractivity contribution in [2.24, 2.45) is 0 Å². The quantitative estimate of drug-likeness (QED) is 0.820. The van der Waals surface area contributed by atoms with Gasteiger partial charge in [0.05, 0.1) is 0 Å². The Morgan fingerprint density at radius 1 is 1.37 bits per heavy atom. The number of aromatic amines is 1. The first-order chi connectivity index (χ1) is 8.88. The lowest BCUT2D eigenvalue weighted by atomic mass is 10.5. The summed E-state index contributed by atoms with van der Waals surface area (Å²) in [5.74, 6) is -0.187. The first-order valence-electron chi connectivity index (χ1n) is 5.09. The second-order valence-electron chi connectivity index (χ2n) is 3.63. The monoisotopic (exact) mass is 300 g/mol. The minimum Gasteiger partial charge on any atom is -0.366 e. The van der Waals surface area contributed by atoms with Gasteiger partial charge in [0.1, 0.15) is 5.15 Å². The van der Waals surface area contributed by atoms with Gasteiger partial charge < -0.3 is 4.98 Å². The zero-order valence-corrected chi connectivity index (χ0v) is 11.3. The van der Waals surface area contributed by atoms with Crippen molar-refractivity contribution in [2.75, 3.05) is 4.72 Å². The predicted octanol–water partition coefficient (Wildman–Crippen LogP) is 0.928. The number of hydrogen-bond donors (Lipinski definition) is 2. The van der Waals surface area contributed by atoms with Crippen molar-refractivity contribution in [1.82, 2.24) is 15.0 Å². The van der Waals surface area contributed by atoms with Crippen molar-refractivity contribution in [3.8, 4) is 0 Å². The van der Waals surface area contributed by atoms with Gasteiger partial charge in [-0.2, -0.15) is 0 Å². The molecule has 0 atom stereocenters. The van der Waals surface area contributed by atoms with E-state index in [4.69, 9.17) is 11.6 Å². The molecule has 0 bridgehead atoms. The fourth-order valence-corrected chi connectivity index (χ4v) is 2.60. The third-order valence-electron chi connectivity index (χ3n) is 2.13. The molecule has 9 heteroatoms. The lowest BCUT2D eigenvalue weighted by Gasteiger charge is -2.06. The number of sulfonamides is 1. The summed E-state index contributed by atoms with van der Waals surface area (Å²) in [5.41, 5.74) is -0.135. The van der Waals surface area contributed by atoms with Crippen LogP contribution in [0.2, 0.25) is 5.15 Å². The third kappa shape index (κ3) is 3.09. The summed E-state index contributed by atoms with van der Waals surface area (Å²) in [7, 11) is -4.05. The molecule has 0 saturated carbocycles. The highest BCUT2D eigenvalue weighted by Gasteiger charge is 2.19. The van der Waals surface area contributed by atoms with E-state index in [9.17, 15) is 13.2 Å². The van der Waals surface area contributed by atoms with Crippen molar-refractivity contribution < 1.29 is 8.42 Å². The minimum atomic E-state index is -4.05. The van der Waals surface area contributed by atoms with E-state index in [1.165, 1.54) is 12.3 Å². The molecule has 0 fully saturated rings. The third-order valence-corrected chi connectivity index (χ3v) is 3.67. The standard InChI is InChI=1S/C10H9ClN4O3S/c1-6-4-9(11)14-10(13-6)15-19(17,18)8-5-12-3-2-7(8)16/h2-5H,1H3,(H,12,16)(H,13,14,15). The molecule has 0 aromatic carbocycles. The van der Waals surface area contributed by atoms with E-state index in [1.807, 2.05) is 0 Å². The Morgan fingerprint density at radius 3 is 2.74 bits per heavy atom. The Balaban J connectivity index is 2.42. The van der Waals surface area contributed by atoms with Crippen LogP contribution in [0.1, 0.15) is 5.69 Å². The summed E-state index contributed by atoms with van der Waals surface area (Å²) >= 11 is 5.70. The van der Waals surface area contributed by atoms with Gasteiger partial charge in [-0.15, -0.1) is 0 Å². The van der Waals surface area contributed by atoms with Crippen molar-refractivity contribution in [3.05, 3.63) is 45.6 Å². The molecule has 0 saturated heterocycles. The summed E-state index contributed by atoms with van der Waals surface area (Å²) in [6.45, 7) is 1.64. The highest BCUT2D eigenvalue weighted by Crippen LogP contribution is 2.13. The lowest BCUT2D eigenvalue weighted by Crippen LogP contribution is -2.22. The van der Waals surface area contributed by atoms with Crippen LogP contribution in [0.3, 0.4) is 0 Å². The Labute approximate surface area is 113 Å². The highest BCUT2D eigenvalue weighted by molar-refractivity contribution is 7.92. The second kappa shape index (κ2) is 4.98. The molecule has 0 aliphatic carbocycles. The Hall–Kier alpha value is -1.93. The minimum absolute atomic E-state index is 0.104. The lowest BCUT2D eigenvalue weighted by molar-refractivity contribution is 0.599. The largest absolute Gasteiger partial charge is 0.366 e. The Morgan fingerprint density at radius 2 is 2.11 bits per heavy atom. The van der Waals surface area contributed by atoms with Gasteiger partial charge in [-0.05, 0) is 13.0 Å². The molecule has 2 aromatic heterocycles. The smallest absolute Gasteiger partial charge is 0.269 e. The molecule has 2 rings (SSSR count). The van der Waals surface area contributed by atoms with Crippen LogP contribution in [0.25, 0.3) is 0 Å². The number of pyridine rings is 1. The van der Waals surface area contributed by atoms with Gasteiger partial charge in [-0.3, -0.25) is 4.79 Å². The average Bonchev–Trinajstić information content (AvgIpc) is 2.26. The number of aromatic nitrogens is 3. The first kappa shape index (κ1) is 13.5. The van der Waals surface area contributed by atoms with E-state index in [-0.39, 0.29) is 11.1 Å². The van der Waals surface area contributed by atoms with Gasteiger partial charge in [0.2, 0.25) is 11.4 Å². The number of hydrogen-bond acceptors (Lipinski definition) is 5. The van der Waals surface area contributed by atoms with Crippen molar-refractivity contribution in [2.45, 2.75) is 11.8 Å². The number of halogens is 1. The maximum Gasteiger partial charge on any atom is 0.269 e. The zero-order valence-electron chi connectivity index (χ0n) is 9.71. The maximum atomic E-state index is 12.0. The van der Waals surface area contributed by atoms with Gasteiger partial charge in [-0.25, -0.2) is 23.1 Å². The molecule has 2 heterocycles. The molecule has 0 spiro atoms. The van der Waals surface area contributed by atoms with Crippen molar-refractivity contribution in [1.29, 1.82) is 0 Å². The van der Waals surface area contributed by atoms with E-state index in [2.05, 4.69) is 19.7 Å². The van der Waals surface area contributed by atoms with Gasteiger partial charge in [0.15, 0.2) is 4.90 Å². The van der Waals surface area contributed by atoms with Crippen LogP contribution in [0.4, 0.5) is 5.95 Å². The van der Waals surface area contributed by atoms with Crippen molar-refractivity contribution >= 4 is 27.6 Å². The second-order valence-corrected chi connectivity index (χ2v) is 5.67. The number of H-pyrrole nitrogens is 1. The fourth-order valence-electron chi connectivity index (χ4n) is 1.36. The highest BCUT2D eigenvalue weighted by atomic mass is 35.5. The molecule has 0 radical (unpaired) electrons.